The highest BCUT2D eigenvalue weighted by molar-refractivity contribution is 6.29. The molecule has 0 saturated heterocycles. The van der Waals surface area contributed by atoms with Gasteiger partial charge in [-0.15, -0.1) is 0 Å². The van der Waals surface area contributed by atoms with Gasteiger partial charge in [0.05, 0.1) is 7.11 Å². The molecular weight excluding hydrogens is 194 g/mol. The van der Waals surface area contributed by atoms with E-state index in [1.54, 1.807) is 13.2 Å². The third-order valence-electron chi connectivity index (χ3n) is 1.21. The number of hydrogen-bond acceptors (Lipinski definition) is 3. The number of aromatic nitrogens is 1. The quantitative estimate of drug-likeness (QED) is 0.558. The molecule has 1 aromatic rings. The second-order valence-electron chi connectivity index (χ2n) is 2.07. The van der Waals surface area contributed by atoms with E-state index in [0.717, 1.165) is 5.56 Å². The van der Waals surface area contributed by atoms with Gasteiger partial charge in [-0.2, -0.15) is 0 Å². The van der Waals surface area contributed by atoms with E-state index in [2.05, 4.69) is 4.98 Å². The average Bonchev–Trinajstić information content (AvgIpc) is 2.10. The van der Waals surface area contributed by atoms with Gasteiger partial charge in [-0.3, -0.25) is 4.79 Å². The van der Waals surface area contributed by atoms with Gasteiger partial charge >= 0.3 is 0 Å². The number of hydrogen-bond donors (Lipinski definition) is 1. The van der Waals surface area contributed by atoms with Gasteiger partial charge in [-0.1, -0.05) is 17.7 Å². The van der Waals surface area contributed by atoms with Crippen molar-refractivity contribution in [3.05, 3.63) is 22.8 Å². The molecule has 13 heavy (non-hydrogen) atoms. The predicted octanol–water partition coefficient (Wildman–Crippen LogP) is 1.75. The van der Waals surface area contributed by atoms with Gasteiger partial charge in [0.2, 0.25) is 5.88 Å². The molecule has 0 fully saturated rings. The van der Waals surface area contributed by atoms with Crippen LogP contribution in [0.25, 0.3) is 0 Å². The van der Waals surface area contributed by atoms with Crippen molar-refractivity contribution >= 4 is 18.1 Å². The third-order valence-corrected chi connectivity index (χ3v) is 1.42. The van der Waals surface area contributed by atoms with Crippen molar-refractivity contribution in [2.45, 2.75) is 6.92 Å². The Bertz CT molecular complexity index is 278. The summed E-state index contributed by atoms with van der Waals surface area (Å²) in [6.45, 7) is 1.67. The Morgan fingerprint density at radius 3 is 2.54 bits per heavy atom. The number of carboxylic acid groups (broad SMARTS) is 1. The van der Waals surface area contributed by atoms with E-state index < -0.39 is 0 Å². The van der Waals surface area contributed by atoms with Crippen LogP contribution in [0.5, 0.6) is 5.88 Å². The normalized spacial score (nSPS) is 8.23. The van der Waals surface area contributed by atoms with Crippen molar-refractivity contribution < 1.29 is 14.6 Å². The largest absolute Gasteiger partial charge is 0.483 e. The first-order valence-electron chi connectivity index (χ1n) is 3.40. The van der Waals surface area contributed by atoms with E-state index >= 15 is 0 Å². The van der Waals surface area contributed by atoms with Gasteiger partial charge in [0, 0.05) is 5.56 Å². The first-order valence-corrected chi connectivity index (χ1v) is 3.78. The molecular formula is C8H10ClNO3. The number of nitrogens with zero attached hydrogens (tertiary/aromatic N) is 1. The van der Waals surface area contributed by atoms with Crippen LogP contribution in [0.2, 0.25) is 5.15 Å². The summed E-state index contributed by atoms with van der Waals surface area (Å²) in [6.07, 6.45) is 0. The molecule has 0 radical (unpaired) electrons. The molecule has 0 aliphatic rings. The van der Waals surface area contributed by atoms with Gasteiger partial charge in [0.25, 0.3) is 6.47 Å². The fraction of sp³-hybridized carbons (Fsp3) is 0.250. The molecule has 1 heterocycles. The van der Waals surface area contributed by atoms with E-state index in [1.165, 1.54) is 0 Å². The Kier molecular flexibility index (Phi) is 5.63. The lowest BCUT2D eigenvalue weighted by Gasteiger charge is -2.01. The number of rotatable bonds is 1. The highest BCUT2D eigenvalue weighted by Gasteiger charge is 1.98. The minimum Gasteiger partial charge on any atom is -0.483 e. The highest BCUT2D eigenvalue weighted by Crippen LogP contribution is 2.16. The Labute approximate surface area is 81.1 Å². The Hall–Kier alpha value is -1.29. The van der Waals surface area contributed by atoms with Gasteiger partial charge < -0.3 is 9.84 Å². The summed E-state index contributed by atoms with van der Waals surface area (Å²) in [5, 5.41) is 7.35. The molecule has 0 atom stereocenters. The standard InChI is InChI=1S/C7H8ClNO.CH2O2/c1-5-3-4-6(8)9-7(5)10-2;2-1-3/h3-4H,1-2H3;1H,(H,2,3). The Balaban J connectivity index is 0.000000424. The summed E-state index contributed by atoms with van der Waals surface area (Å²) >= 11 is 5.60. The molecule has 0 spiro atoms. The minimum atomic E-state index is -0.250. The summed E-state index contributed by atoms with van der Waals surface area (Å²) in [4.78, 5) is 12.3. The maximum Gasteiger partial charge on any atom is 0.290 e. The van der Waals surface area contributed by atoms with Gasteiger partial charge in [0.15, 0.2) is 0 Å². The summed E-state index contributed by atoms with van der Waals surface area (Å²) in [7, 11) is 1.58. The summed E-state index contributed by atoms with van der Waals surface area (Å²) in [6, 6.07) is 3.60. The fourth-order valence-electron chi connectivity index (χ4n) is 0.694. The van der Waals surface area contributed by atoms with E-state index in [-0.39, 0.29) is 6.47 Å². The van der Waals surface area contributed by atoms with E-state index in [4.69, 9.17) is 26.2 Å². The molecule has 0 amide bonds. The van der Waals surface area contributed by atoms with Crippen LogP contribution >= 0.6 is 11.6 Å². The molecule has 0 aliphatic carbocycles. The van der Waals surface area contributed by atoms with Crippen molar-refractivity contribution in [2.75, 3.05) is 7.11 Å². The van der Waals surface area contributed by atoms with Crippen molar-refractivity contribution in [3.8, 4) is 5.88 Å². The van der Waals surface area contributed by atoms with E-state index in [9.17, 15) is 0 Å². The summed E-state index contributed by atoms with van der Waals surface area (Å²) in [5.74, 6) is 0.590. The first kappa shape index (κ1) is 11.7. The Morgan fingerprint density at radius 1 is 1.62 bits per heavy atom. The van der Waals surface area contributed by atoms with Crippen LogP contribution in [0.15, 0.2) is 12.1 Å². The van der Waals surface area contributed by atoms with Crippen LogP contribution < -0.4 is 4.74 Å². The zero-order valence-corrected chi connectivity index (χ0v) is 8.08. The SMILES string of the molecule is COc1nc(Cl)ccc1C.O=CO. The average molecular weight is 204 g/mol. The first-order chi connectivity index (χ1) is 6.15. The Morgan fingerprint density at radius 2 is 2.15 bits per heavy atom. The molecule has 0 aromatic carbocycles. The summed E-state index contributed by atoms with van der Waals surface area (Å²) < 4.78 is 4.93. The third kappa shape index (κ3) is 4.32. The smallest absolute Gasteiger partial charge is 0.290 e. The lowest BCUT2D eigenvalue weighted by Crippen LogP contribution is -1.90. The zero-order chi connectivity index (χ0) is 10.3. The van der Waals surface area contributed by atoms with Crippen LogP contribution in [0.3, 0.4) is 0 Å². The summed E-state index contributed by atoms with van der Waals surface area (Å²) in [5.41, 5.74) is 0.993. The topological polar surface area (TPSA) is 59.4 Å². The van der Waals surface area contributed by atoms with Crippen molar-refractivity contribution in [1.29, 1.82) is 0 Å². The van der Waals surface area contributed by atoms with Gasteiger partial charge in [-0.25, -0.2) is 4.98 Å². The molecule has 5 heteroatoms. The molecule has 1 N–H and O–H groups in total. The number of methoxy groups -OCH3 is 1. The second-order valence-corrected chi connectivity index (χ2v) is 2.45. The van der Waals surface area contributed by atoms with Crippen LogP contribution in [0.1, 0.15) is 5.56 Å². The van der Waals surface area contributed by atoms with Crippen LogP contribution in [-0.2, 0) is 4.79 Å². The molecule has 4 nitrogen and oxygen atoms in total. The molecule has 0 unspecified atom stereocenters. The highest BCUT2D eigenvalue weighted by atomic mass is 35.5. The van der Waals surface area contributed by atoms with E-state index in [1.807, 2.05) is 13.0 Å². The maximum absolute atomic E-state index is 8.36. The minimum absolute atomic E-state index is 0.250. The van der Waals surface area contributed by atoms with Gasteiger partial charge in [0.1, 0.15) is 5.15 Å². The lowest BCUT2D eigenvalue weighted by atomic mass is 10.3. The number of halogens is 1. The van der Waals surface area contributed by atoms with Crippen LogP contribution in [0.4, 0.5) is 0 Å². The molecule has 0 saturated carbocycles. The van der Waals surface area contributed by atoms with Crippen molar-refractivity contribution in [1.82, 2.24) is 4.98 Å². The number of ether oxygens (including phenoxy) is 1. The molecule has 0 bridgehead atoms. The number of aryl methyl sites for hydroxylation is 1. The lowest BCUT2D eigenvalue weighted by molar-refractivity contribution is -0.122. The molecule has 1 aromatic heterocycles. The number of carbonyl (C=O) groups is 1. The molecule has 0 aliphatic heterocycles. The molecule has 1 rings (SSSR count). The zero-order valence-electron chi connectivity index (χ0n) is 7.32. The predicted molar refractivity (Wildman–Crippen MR) is 49.2 cm³/mol. The molecule has 72 valence electrons. The monoisotopic (exact) mass is 203 g/mol. The van der Waals surface area contributed by atoms with Crippen molar-refractivity contribution in [3.63, 3.8) is 0 Å². The maximum atomic E-state index is 8.36. The fourth-order valence-corrected chi connectivity index (χ4v) is 0.834. The van der Waals surface area contributed by atoms with Crippen LogP contribution in [-0.4, -0.2) is 23.7 Å². The van der Waals surface area contributed by atoms with E-state index in [0.29, 0.717) is 11.0 Å². The van der Waals surface area contributed by atoms with Crippen LogP contribution in [0, 0.1) is 6.92 Å². The number of pyridine rings is 1. The van der Waals surface area contributed by atoms with Gasteiger partial charge in [-0.05, 0) is 13.0 Å². The van der Waals surface area contributed by atoms with Crippen molar-refractivity contribution in [2.24, 2.45) is 0 Å². The second kappa shape index (κ2) is 6.25.